The Morgan fingerprint density at radius 3 is 2.72 bits per heavy atom. The molecule has 7 heteroatoms. The summed E-state index contributed by atoms with van der Waals surface area (Å²) < 4.78 is 0. The number of H-pyrrole nitrogens is 1. The number of hydrogen-bond acceptors (Lipinski definition) is 5. The standard InChI is InChI=1S/C18H24N4O2S/c1-18(2,3)17(24)21-12(8-10-25-4)14-11-15(23)22-16(20-14)13-7-5-6-9-19-13/h5-7,9,11-12H,8,10H2,1-4H3,(H,21,24)(H,20,22,23)/t12-/m1/s1. The molecule has 2 heterocycles. The number of carbonyl (C=O) groups is 1. The van der Waals surface area contributed by atoms with Crippen LogP contribution in [-0.4, -0.2) is 32.9 Å². The Morgan fingerprint density at radius 2 is 2.12 bits per heavy atom. The van der Waals surface area contributed by atoms with Gasteiger partial charge in [-0.1, -0.05) is 26.8 Å². The van der Waals surface area contributed by atoms with Gasteiger partial charge in [0, 0.05) is 17.7 Å². The van der Waals surface area contributed by atoms with E-state index in [1.165, 1.54) is 6.07 Å². The molecule has 2 aromatic rings. The molecule has 6 nitrogen and oxygen atoms in total. The first-order valence-corrected chi connectivity index (χ1v) is 9.53. The van der Waals surface area contributed by atoms with Crippen LogP contribution in [0.3, 0.4) is 0 Å². The Bertz CT molecular complexity index is 769. The van der Waals surface area contributed by atoms with Crippen LogP contribution in [0.25, 0.3) is 11.5 Å². The lowest BCUT2D eigenvalue weighted by Gasteiger charge is -2.24. The third-order valence-electron chi connectivity index (χ3n) is 3.62. The van der Waals surface area contributed by atoms with E-state index >= 15 is 0 Å². The molecule has 0 aliphatic rings. The van der Waals surface area contributed by atoms with Gasteiger partial charge in [0.2, 0.25) is 5.91 Å². The second kappa shape index (κ2) is 8.29. The molecule has 2 aromatic heterocycles. The maximum atomic E-state index is 12.4. The highest BCUT2D eigenvalue weighted by Gasteiger charge is 2.25. The second-order valence-electron chi connectivity index (χ2n) is 6.79. The number of pyridine rings is 1. The summed E-state index contributed by atoms with van der Waals surface area (Å²) >= 11 is 1.69. The van der Waals surface area contributed by atoms with Crippen LogP contribution in [0.1, 0.15) is 38.9 Å². The molecule has 2 rings (SSSR count). The molecule has 25 heavy (non-hydrogen) atoms. The summed E-state index contributed by atoms with van der Waals surface area (Å²) in [6.07, 6.45) is 4.35. The highest BCUT2D eigenvalue weighted by Crippen LogP contribution is 2.21. The average molecular weight is 360 g/mol. The van der Waals surface area contributed by atoms with Crippen molar-refractivity contribution < 1.29 is 4.79 Å². The van der Waals surface area contributed by atoms with Crippen molar-refractivity contribution in [1.29, 1.82) is 0 Å². The molecule has 0 bridgehead atoms. The maximum absolute atomic E-state index is 12.4. The Balaban J connectivity index is 2.38. The van der Waals surface area contributed by atoms with Crippen LogP contribution in [0.2, 0.25) is 0 Å². The number of aromatic amines is 1. The molecule has 2 N–H and O–H groups in total. The van der Waals surface area contributed by atoms with Crippen molar-refractivity contribution in [2.24, 2.45) is 5.41 Å². The number of rotatable bonds is 6. The second-order valence-corrected chi connectivity index (χ2v) is 7.78. The largest absolute Gasteiger partial charge is 0.347 e. The summed E-state index contributed by atoms with van der Waals surface area (Å²) in [6, 6.07) is 6.55. The number of nitrogens with one attached hydrogen (secondary N) is 2. The van der Waals surface area contributed by atoms with Crippen molar-refractivity contribution in [3.05, 3.63) is 46.5 Å². The number of nitrogens with zero attached hydrogens (tertiary/aromatic N) is 2. The molecule has 0 unspecified atom stereocenters. The van der Waals surface area contributed by atoms with Crippen molar-refractivity contribution in [1.82, 2.24) is 20.3 Å². The van der Waals surface area contributed by atoms with Gasteiger partial charge < -0.3 is 10.3 Å². The monoisotopic (exact) mass is 360 g/mol. The number of aromatic nitrogens is 3. The van der Waals surface area contributed by atoms with Crippen molar-refractivity contribution in [3.8, 4) is 11.5 Å². The van der Waals surface area contributed by atoms with E-state index in [2.05, 4.69) is 20.3 Å². The van der Waals surface area contributed by atoms with Crippen LogP contribution in [-0.2, 0) is 4.79 Å². The Morgan fingerprint density at radius 1 is 1.36 bits per heavy atom. The minimum absolute atomic E-state index is 0.0694. The quantitative estimate of drug-likeness (QED) is 0.827. The normalized spacial score (nSPS) is 12.6. The van der Waals surface area contributed by atoms with Crippen LogP contribution < -0.4 is 10.9 Å². The maximum Gasteiger partial charge on any atom is 0.251 e. The molecule has 0 aliphatic carbocycles. The summed E-state index contributed by atoms with van der Waals surface area (Å²) in [7, 11) is 0. The summed E-state index contributed by atoms with van der Waals surface area (Å²) in [6.45, 7) is 5.58. The molecule has 0 radical (unpaired) electrons. The summed E-state index contributed by atoms with van der Waals surface area (Å²) in [5.41, 5.74) is 0.371. The van der Waals surface area contributed by atoms with E-state index in [0.717, 1.165) is 5.75 Å². The predicted octanol–water partition coefficient (Wildman–Crippen LogP) is 2.79. The van der Waals surface area contributed by atoms with E-state index < -0.39 is 5.41 Å². The number of carbonyl (C=O) groups excluding carboxylic acids is 1. The lowest BCUT2D eigenvalue weighted by molar-refractivity contribution is -0.129. The first kappa shape index (κ1) is 19.2. The van der Waals surface area contributed by atoms with Gasteiger partial charge in [-0.2, -0.15) is 11.8 Å². The summed E-state index contributed by atoms with van der Waals surface area (Å²) in [4.78, 5) is 36.0. The van der Waals surface area contributed by atoms with Crippen molar-refractivity contribution in [2.45, 2.75) is 33.2 Å². The van der Waals surface area contributed by atoms with Crippen LogP contribution in [0.15, 0.2) is 35.3 Å². The Labute approximate surface area is 151 Å². The molecule has 0 saturated heterocycles. The molecular weight excluding hydrogens is 336 g/mol. The highest BCUT2D eigenvalue weighted by molar-refractivity contribution is 7.98. The molecule has 134 valence electrons. The molecule has 1 amide bonds. The van der Waals surface area contributed by atoms with Gasteiger partial charge in [0.1, 0.15) is 5.69 Å². The van der Waals surface area contributed by atoms with Gasteiger partial charge in [-0.25, -0.2) is 4.98 Å². The smallest absolute Gasteiger partial charge is 0.251 e. The first-order valence-electron chi connectivity index (χ1n) is 8.14. The third-order valence-corrected chi connectivity index (χ3v) is 4.27. The van der Waals surface area contributed by atoms with E-state index in [-0.39, 0.29) is 17.5 Å². The van der Waals surface area contributed by atoms with Gasteiger partial charge in [0.15, 0.2) is 5.82 Å². The van der Waals surface area contributed by atoms with Crippen LogP contribution in [0, 0.1) is 5.41 Å². The van der Waals surface area contributed by atoms with E-state index in [1.807, 2.05) is 33.1 Å². The van der Waals surface area contributed by atoms with Gasteiger partial charge in [-0.05, 0) is 30.6 Å². The van der Waals surface area contributed by atoms with E-state index in [0.29, 0.717) is 23.6 Å². The SMILES string of the molecule is CSCC[C@@H](NC(=O)C(C)(C)C)c1cc(=O)[nH]c(-c2ccccn2)n1. The van der Waals surface area contributed by atoms with Gasteiger partial charge in [0.05, 0.1) is 11.7 Å². The molecule has 0 saturated carbocycles. The molecule has 0 spiro atoms. The van der Waals surface area contributed by atoms with Crippen molar-refractivity contribution in [3.63, 3.8) is 0 Å². The Hall–Kier alpha value is -2.15. The van der Waals surface area contributed by atoms with Gasteiger partial charge in [-0.15, -0.1) is 0 Å². The zero-order valence-corrected chi connectivity index (χ0v) is 15.8. The van der Waals surface area contributed by atoms with E-state index in [1.54, 1.807) is 30.1 Å². The predicted molar refractivity (Wildman–Crippen MR) is 101 cm³/mol. The summed E-state index contributed by atoms with van der Waals surface area (Å²) in [5.74, 6) is 1.19. The fraction of sp³-hybridized carbons (Fsp3) is 0.444. The highest BCUT2D eigenvalue weighted by atomic mass is 32.2. The zero-order chi connectivity index (χ0) is 18.4. The molecule has 0 aliphatic heterocycles. The van der Waals surface area contributed by atoms with Gasteiger partial charge in [-0.3, -0.25) is 14.6 Å². The van der Waals surface area contributed by atoms with Crippen LogP contribution >= 0.6 is 11.8 Å². The Kier molecular flexibility index (Phi) is 6.36. The number of thioether (sulfide) groups is 1. The summed E-state index contributed by atoms with van der Waals surface area (Å²) in [5, 5.41) is 3.03. The first-order chi connectivity index (χ1) is 11.8. The topological polar surface area (TPSA) is 87.7 Å². The number of hydrogen-bond donors (Lipinski definition) is 2. The van der Waals surface area contributed by atoms with Crippen LogP contribution in [0.5, 0.6) is 0 Å². The fourth-order valence-electron chi connectivity index (χ4n) is 2.18. The van der Waals surface area contributed by atoms with Gasteiger partial charge >= 0.3 is 0 Å². The third kappa shape index (κ3) is 5.42. The molecular formula is C18H24N4O2S. The number of amides is 1. The lowest BCUT2D eigenvalue weighted by atomic mass is 9.94. The molecule has 1 atom stereocenters. The van der Waals surface area contributed by atoms with Gasteiger partial charge in [0.25, 0.3) is 5.56 Å². The molecule has 0 fully saturated rings. The zero-order valence-electron chi connectivity index (χ0n) is 15.0. The lowest BCUT2D eigenvalue weighted by Crippen LogP contribution is -2.38. The van der Waals surface area contributed by atoms with E-state index in [4.69, 9.17) is 0 Å². The molecule has 0 aromatic carbocycles. The van der Waals surface area contributed by atoms with Crippen molar-refractivity contribution in [2.75, 3.05) is 12.0 Å². The van der Waals surface area contributed by atoms with Crippen molar-refractivity contribution >= 4 is 17.7 Å². The minimum atomic E-state index is -0.511. The van der Waals surface area contributed by atoms with E-state index in [9.17, 15) is 9.59 Å². The average Bonchev–Trinajstić information content (AvgIpc) is 2.57. The fourth-order valence-corrected chi connectivity index (χ4v) is 2.65. The van der Waals surface area contributed by atoms with Crippen LogP contribution in [0.4, 0.5) is 0 Å². The minimum Gasteiger partial charge on any atom is -0.347 e.